The molecule has 1 aromatic rings. The van der Waals surface area contributed by atoms with Crippen LogP contribution in [0.4, 0.5) is 0 Å². The predicted octanol–water partition coefficient (Wildman–Crippen LogP) is 3.32. The summed E-state index contributed by atoms with van der Waals surface area (Å²) in [6.45, 7) is 7.67. The van der Waals surface area contributed by atoms with Gasteiger partial charge in [-0.1, -0.05) is 44.2 Å². The number of benzene rings is 1. The molecule has 2 heteroatoms. The zero-order valence-corrected chi connectivity index (χ0v) is 12.1. The van der Waals surface area contributed by atoms with Crippen LogP contribution in [0.15, 0.2) is 30.3 Å². The third kappa shape index (κ3) is 2.85. The lowest BCUT2D eigenvalue weighted by atomic mass is 9.78. The molecule has 0 radical (unpaired) electrons. The molecule has 2 bridgehead atoms. The molecule has 1 aromatic carbocycles. The second-order valence-electron chi connectivity index (χ2n) is 6.48. The Labute approximate surface area is 116 Å². The van der Waals surface area contributed by atoms with E-state index in [2.05, 4.69) is 49.1 Å². The van der Waals surface area contributed by atoms with Crippen molar-refractivity contribution in [2.24, 2.45) is 11.8 Å². The lowest BCUT2D eigenvalue weighted by Crippen LogP contribution is -2.56. The zero-order valence-electron chi connectivity index (χ0n) is 12.1. The molecule has 2 aliphatic rings. The van der Waals surface area contributed by atoms with Crippen molar-refractivity contribution in [2.45, 2.75) is 45.3 Å². The van der Waals surface area contributed by atoms with Gasteiger partial charge in [0.15, 0.2) is 0 Å². The number of rotatable bonds is 3. The standard InChI is InChI=1S/C17H25NO/c1-13(2)15-8-16-11-19-12-17(9-15)18(16)10-14-6-4-3-5-7-14/h3-7,13,15-17H,8-12H2,1-2H3. The fourth-order valence-corrected chi connectivity index (χ4v) is 3.63. The smallest absolute Gasteiger partial charge is 0.0623 e. The molecule has 3 rings (SSSR count). The number of piperidine rings is 1. The summed E-state index contributed by atoms with van der Waals surface area (Å²) in [7, 11) is 0. The van der Waals surface area contributed by atoms with E-state index in [1.807, 2.05) is 0 Å². The molecule has 104 valence electrons. The molecule has 2 fully saturated rings. The molecule has 0 amide bonds. The van der Waals surface area contributed by atoms with E-state index in [0.717, 1.165) is 31.6 Å². The normalized spacial score (nSPS) is 31.6. The van der Waals surface area contributed by atoms with Gasteiger partial charge in [-0.2, -0.15) is 0 Å². The minimum absolute atomic E-state index is 0.625. The molecule has 0 saturated carbocycles. The van der Waals surface area contributed by atoms with Crippen LogP contribution in [-0.2, 0) is 11.3 Å². The zero-order chi connectivity index (χ0) is 13.2. The Hall–Kier alpha value is -0.860. The van der Waals surface area contributed by atoms with Gasteiger partial charge in [-0.05, 0) is 30.2 Å². The van der Waals surface area contributed by atoms with Crippen LogP contribution in [0.2, 0.25) is 0 Å². The van der Waals surface area contributed by atoms with Gasteiger partial charge in [-0.25, -0.2) is 0 Å². The van der Waals surface area contributed by atoms with Crippen molar-refractivity contribution in [3.8, 4) is 0 Å². The van der Waals surface area contributed by atoms with Gasteiger partial charge in [0.25, 0.3) is 0 Å². The van der Waals surface area contributed by atoms with Crippen molar-refractivity contribution in [3.63, 3.8) is 0 Å². The average Bonchev–Trinajstić information content (AvgIpc) is 2.39. The van der Waals surface area contributed by atoms with E-state index < -0.39 is 0 Å². The molecule has 2 nitrogen and oxygen atoms in total. The summed E-state index contributed by atoms with van der Waals surface area (Å²) in [5.74, 6) is 1.69. The fourth-order valence-electron chi connectivity index (χ4n) is 3.63. The second-order valence-corrected chi connectivity index (χ2v) is 6.48. The van der Waals surface area contributed by atoms with Gasteiger partial charge in [0.05, 0.1) is 13.2 Å². The van der Waals surface area contributed by atoms with Crippen LogP contribution in [0, 0.1) is 11.8 Å². The Balaban J connectivity index is 1.72. The maximum absolute atomic E-state index is 5.79. The lowest BCUT2D eigenvalue weighted by Gasteiger charge is -2.49. The summed E-state index contributed by atoms with van der Waals surface area (Å²) in [5.41, 5.74) is 1.43. The predicted molar refractivity (Wildman–Crippen MR) is 77.9 cm³/mol. The number of nitrogens with zero attached hydrogens (tertiary/aromatic N) is 1. The molecule has 19 heavy (non-hydrogen) atoms. The highest BCUT2D eigenvalue weighted by Gasteiger charge is 2.39. The van der Waals surface area contributed by atoms with Gasteiger partial charge in [0.1, 0.15) is 0 Å². The van der Waals surface area contributed by atoms with Crippen molar-refractivity contribution in [1.82, 2.24) is 4.90 Å². The molecule has 2 aliphatic heterocycles. The fraction of sp³-hybridized carbons (Fsp3) is 0.647. The topological polar surface area (TPSA) is 12.5 Å². The lowest BCUT2D eigenvalue weighted by molar-refractivity contribution is -0.0969. The Morgan fingerprint density at radius 1 is 1.11 bits per heavy atom. The highest BCUT2D eigenvalue weighted by atomic mass is 16.5. The van der Waals surface area contributed by atoms with Gasteiger partial charge in [0.2, 0.25) is 0 Å². The molecule has 0 N–H and O–H groups in total. The molecule has 2 heterocycles. The van der Waals surface area contributed by atoms with Crippen molar-refractivity contribution in [3.05, 3.63) is 35.9 Å². The van der Waals surface area contributed by atoms with Crippen molar-refractivity contribution >= 4 is 0 Å². The van der Waals surface area contributed by atoms with Crippen LogP contribution in [-0.4, -0.2) is 30.2 Å². The highest BCUT2D eigenvalue weighted by Crippen LogP contribution is 2.36. The minimum atomic E-state index is 0.625. The van der Waals surface area contributed by atoms with E-state index in [4.69, 9.17) is 4.74 Å². The van der Waals surface area contributed by atoms with Crippen LogP contribution in [0.5, 0.6) is 0 Å². The van der Waals surface area contributed by atoms with Crippen LogP contribution in [0.1, 0.15) is 32.3 Å². The summed E-state index contributed by atoms with van der Waals surface area (Å²) in [6, 6.07) is 12.1. The minimum Gasteiger partial charge on any atom is -0.378 e. The molecule has 2 unspecified atom stereocenters. The van der Waals surface area contributed by atoms with Crippen LogP contribution in [0.25, 0.3) is 0 Å². The number of fused-ring (bicyclic) bond motifs is 2. The quantitative estimate of drug-likeness (QED) is 0.825. The number of hydrogen-bond donors (Lipinski definition) is 0. The molecular weight excluding hydrogens is 234 g/mol. The van der Waals surface area contributed by atoms with E-state index in [-0.39, 0.29) is 0 Å². The van der Waals surface area contributed by atoms with Gasteiger partial charge < -0.3 is 4.74 Å². The largest absolute Gasteiger partial charge is 0.378 e. The summed E-state index contributed by atoms with van der Waals surface area (Å²) in [6.07, 6.45) is 2.61. The second kappa shape index (κ2) is 5.64. The molecule has 0 aliphatic carbocycles. The molecule has 0 aromatic heterocycles. The first kappa shape index (κ1) is 13.1. The summed E-state index contributed by atoms with van der Waals surface area (Å²) < 4.78 is 5.79. The summed E-state index contributed by atoms with van der Waals surface area (Å²) in [4.78, 5) is 2.69. The maximum Gasteiger partial charge on any atom is 0.0623 e. The molecule has 0 spiro atoms. The van der Waals surface area contributed by atoms with Crippen LogP contribution < -0.4 is 0 Å². The maximum atomic E-state index is 5.79. The van der Waals surface area contributed by atoms with Gasteiger partial charge >= 0.3 is 0 Å². The Morgan fingerprint density at radius 2 is 1.74 bits per heavy atom. The van der Waals surface area contributed by atoms with E-state index in [9.17, 15) is 0 Å². The van der Waals surface area contributed by atoms with E-state index in [1.54, 1.807) is 0 Å². The third-order valence-corrected chi connectivity index (χ3v) is 4.86. The van der Waals surface area contributed by atoms with E-state index >= 15 is 0 Å². The van der Waals surface area contributed by atoms with Crippen molar-refractivity contribution in [2.75, 3.05) is 13.2 Å². The van der Waals surface area contributed by atoms with Gasteiger partial charge in [-0.3, -0.25) is 4.90 Å². The molecule has 2 saturated heterocycles. The third-order valence-electron chi connectivity index (χ3n) is 4.86. The van der Waals surface area contributed by atoms with Crippen molar-refractivity contribution < 1.29 is 4.74 Å². The van der Waals surface area contributed by atoms with Gasteiger partial charge in [0, 0.05) is 18.6 Å². The van der Waals surface area contributed by atoms with Crippen molar-refractivity contribution in [1.29, 1.82) is 0 Å². The number of ether oxygens (including phenoxy) is 1. The first-order valence-electron chi connectivity index (χ1n) is 7.61. The monoisotopic (exact) mass is 259 g/mol. The van der Waals surface area contributed by atoms with E-state index in [0.29, 0.717) is 12.1 Å². The number of hydrogen-bond acceptors (Lipinski definition) is 2. The Bertz CT molecular complexity index is 389. The molecular formula is C17H25NO. The van der Waals surface area contributed by atoms with E-state index in [1.165, 1.54) is 18.4 Å². The first-order valence-corrected chi connectivity index (χ1v) is 7.61. The summed E-state index contributed by atoms with van der Waals surface area (Å²) in [5, 5.41) is 0. The average molecular weight is 259 g/mol. The highest BCUT2D eigenvalue weighted by molar-refractivity contribution is 5.15. The first-order chi connectivity index (χ1) is 9.24. The van der Waals surface area contributed by atoms with Gasteiger partial charge in [-0.15, -0.1) is 0 Å². The van der Waals surface area contributed by atoms with Crippen LogP contribution >= 0.6 is 0 Å². The Morgan fingerprint density at radius 3 is 2.32 bits per heavy atom. The molecule has 2 atom stereocenters. The Kier molecular flexibility index (Phi) is 3.90. The SMILES string of the molecule is CC(C)C1CC2COCC(C1)N2Cc1ccccc1. The summed E-state index contributed by atoms with van der Waals surface area (Å²) >= 11 is 0. The van der Waals surface area contributed by atoms with Crippen LogP contribution in [0.3, 0.4) is 0 Å². The number of morpholine rings is 1.